The lowest BCUT2D eigenvalue weighted by atomic mass is 10.1. The molecule has 0 radical (unpaired) electrons. The van der Waals surface area contributed by atoms with E-state index in [-0.39, 0.29) is 17.1 Å². The molecule has 2 aromatic carbocycles. The summed E-state index contributed by atoms with van der Waals surface area (Å²) < 4.78 is 5.23. The van der Waals surface area contributed by atoms with Crippen molar-refractivity contribution in [1.82, 2.24) is 5.16 Å². The summed E-state index contributed by atoms with van der Waals surface area (Å²) in [5, 5.41) is 18.2. The molecule has 1 aliphatic heterocycles. The maximum Gasteiger partial charge on any atom is 0.293 e. The average molecular weight is 406 g/mol. The quantitative estimate of drug-likeness (QED) is 0.472. The van der Waals surface area contributed by atoms with E-state index in [0.717, 1.165) is 37.9 Å². The second-order valence-corrected chi connectivity index (χ2v) is 7.24. The van der Waals surface area contributed by atoms with Gasteiger partial charge in [-0.1, -0.05) is 36.3 Å². The van der Waals surface area contributed by atoms with Crippen LogP contribution in [-0.2, 0) is 6.42 Å². The van der Waals surface area contributed by atoms with Crippen molar-refractivity contribution in [2.24, 2.45) is 0 Å². The van der Waals surface area contributed by atoms with Crippen molar-refractivity contribution in [3.8, 4) is 11.3 Å². The van der Waals surface area contributed by atoms with E-state index in [1.807, 2.05) is 29.2 Å². The Kier molecular flexibility index (Phi) is 5.47. The number of carbonyl (C=O) groups excluding carboxylic acids is 1. The smallest absolute Gasteiger partial charge is 0.293 e. The number of benzene rings is 2. The van der Waals surface area contributed by atoms with E-state index >= 15 is 0 Å². The molecule has 8 heteroatoms. The van der Waals surface area contributed by atoms with E-state index in [1.54, 1.807) is 18.2 Å². The number of rotatable bonds is 6. The van der Waals surface area contributed by atoms with E-state index in [1.165, 1.54) is 11.6 Å². The number of amides is 1. The molecule has 0 aliphatic carbocycles. The van der Waals surface area contributed by atoms with Crippen molar-refractivity contribution < 1.29 is 14.2 Å². The standard InChI is InChI=1S/C22H22N4O4/c1-2-15-5-7-16(8-6-15)18-14-21(30-24-18)23-22(27)17-9-10-19(20(13-17)26(28)29)25-11-3-4-12-25/h5-10,13-14H,2-4,11-12H2,1H3,(H,23,27). The topological polar surface area (TPSA) is 102 Å². The molecule has 3 aromatic rings. The predicted octanol–water partition coefficient (Wildman–Crippen LogP) is 4.66. The van der Waals surface area contributed by atoms with Crippen molar-refractivity contribution >= 4 is 23.2 Å². The maximum atomic E-state index is 12.6. The van der Waals surface area contributed by atoms with E-state index in [9.17, 15) is 14.9 Å². The first-order valence-electron chi connectivity index (χ1n) is 9.96. The van der Waals surface area contributed by atoms with Crippen molar-refractivity contribution in [1.29, 1.82) is 0 Å². The van der Waals surface area contributed by atoms with Crippen LogP contribution < -0.4 is 10.2 Å². The normalized spacial score (nSPS) is 13.4. The summed E-state index contributed by atoms with van der Waals surface area (Å²) >= 11 is 0. The molecule has 1 amide bonds. The summed E-state index contributed by atoms with van der Waals surface area (Å²) in [6.07, 6.45) is 2.96. The van der Waals surface area contributed by atoms with Crippen molar-refractivity contribution in [3.63, 3.8) is 0 Å². The Balaban J connectivity index is 1.51. The zero-order chi connectivity index (χ0) is 21.1. The Morgan fingerprint density at radius 1 is 1.17 bits per heavy atom. The molecule has 1 aliphatic rings. The summed E-state index contributed by atoms with van der Waals surface area (Å²) in [4.78, 5) is 25.7. The minimum Gasteiger partial charge on any atom is -0.366 e. The Morgan fingerprint density at radius 2 is 1.90 bits per heavy atom. The van der Waals surface area contributed by atoms with Crippen molar-refractivity contribution in [2.45, 2.75) is 26.2 Å². The van der Waals surface area contributed by atoms with E-state index < -0.39 is 10.8 Å². The summed E-state index contributed by atoms with van der Waals surface area (Å²) in [6.45, 7) is 3.65. The number of nitro groups is 1. The number of hydrogen-bond donors (Lipinski definition) is 1. The van der Waals surface area contributed by atoms with Crippen LogP contribution in [0.3, 0.4) is 0 Å². The molecule has 8 nitrogen and oxygen atoms in total. The fourth-order valence-corrected chi connectivity index (χ4v) is 3.60. The fraction of sp³-hybridized carbons (Fsp3) is 0.273. The lowest BCUT2D eigenvalue weighted by Gasteiger charge is -2.17. The molecule has 0 atom stereocenters. The van der Waals surface area contributed by atoms with Gasteiger partial charge < -0.3 is 9.42 Å². The van der Waals surface area contributed by atoms with Crippen LogP contribution in [0.4, 0.5) is 17.3 Å². The third kappa shape index (κ3) is 4.03. The van der Waals surface area contributed by atoms with Crippen LogP contribution in [-0.4, -0.2) is 29.1 Å². The first-order valence-corrected chi connectivity index (χ1v) is 9.96. The zero-order valence-electron chi connectivity index (χ0n) is 16.6. The third-order valence-corrected chi connectivity index (χ3v) is 5.29. The van der Waals surface area contributed by atoms with Gasteiger partial charge >= 0.3 is 0 Å². The van der Waals surface area contributed by atoms with Crippen LogP contribution in [0, 0.1) is 10.1 Å². The van der Waals surface area contributed by atoms with Gasteiger partial charge in [0.15, 0.2) is 0 Å². The number of hydrogen-bond acceptors (Lipinski definition) is 6. The lowest BCUT2D eigenvalue weighted by Crippen LogP contribution is -2.19. The van der Waals surface area contributed by atoms with Crippen molar-refractivity contribution in [3.05, 3.63) is 69.8 Å². The van der Waals surface area contributed by atoms with E-state index in [0.29, 0.717) is 11.4 Å². The highest BCUT2D eigenvalue weighted by Gasteiger charge is 2.24. The SMILES string of the molecule is CCc1ccc(-c2cc(NC(=O)c3ccc(N4CCCC4)c([N+](=O)[O-])c3)on2)cc1. The van der Waals surface area contributed by atoms with Crippen molar-refractivity contribution in [2.75, 3.05) is 23.3 Å². The molecular weight excluding hydrogens is 384 g/mol. The summed E-state index contributed by atoms with van der Waals surface area (Å²) in [5.41, 5.74) is 3.36. The van der Waals surface area contributed by atoms with Crippen LogP contribution in [0.5, 0.6) is 0 Å². The van der Waals surface area contributed by atoms with Gasteiger partial charge in [-0.15, -0.1) is 0 Å². The van der Waals surface area contributed by atoms with Crippen LogP contribution >= 0.6 is 0 Å². The molecule has 30 heavy (non-hydrogen) atoms. The second-order valence-electron chi connectivity index (χ2n) is 7.24. The Morgan fingerprint density at radius 3 is 2.57 bits per heavy atom. The number of nitrogens with one attached hydrogen (secondary N) is 1. The molecule has 4 rings (SSSR count). The van der Waals surface area contributed by atoms with Gasteiger partial charge in [-0.05, 0) is 37.0 Å². The monoisotopic (exact) mass is 406 g/mol. The first kappa shape index (κ1) is 19.6. The maximum absolute atomic E-state index is 12.6. The Labute approximate surface area is 173 Å². The molecule has 0 spiro atoms. The third-order valence-electron chi connectivity index (χ3n) is 5.29. The second kappa shape index (κ2) is 8.36. The number of aryl methyl sites for hydroxylation is 1. The first-order chi connectivity index (χ1) is 14.5. The van der Waals surface area contributed by atoms with Gasteiger partial charge in [0.05, 0.1) is 4.92 Å². The average Bonchev–Trinajstić information content (AvgIpc) is 3.46. The number of nitro benzene ring substituents is 1. The highest BCUT2D eigenvalue weighted by atomic mass is 16.6. The highest BCUT2D eigenvalue weighted by molar-refractivity contribution is 6.04. The van der Waals surface area contributed by atoms with E-state index in [2.05, 4.69) is 17.4 Å². The Bertz CT molecular complexity index is 1070. The van der Waals surface area contributed by atoms with Gasteiger partial charge in [0.25, 0.3) is 11.6 Å². The molecule has 1 N–H and O–H groups in total. The highest BCUT2D eigenvalue weighted by Crippen LogP contribution is 2.32. The summed E-state index contributed by atoms with van der Waals surface area (Å²) in [5.74, 6) is -0.309. The molecular formula is C22H22N4O4. The number of aromatic nitrogens is 1. The minimum absolute atomic E-state index is 0.0705. The molecule has 0 unspecified atom stereocenters. The number of carbonyl (C=O) groups is 1. The molecule has 1 saturated heterocycles. The zero-order valence-corrected chi connectivity index (χ0v) is 16.6. The Hall–Kier alpha value is -3.68. The minimum atomic E-state index is -0.491. The van der Waals surface area contributed by atoms with Crippen LogP contribution in [0.15, 0.2) is 53.1 Å². The fourth-order valence-electron chi connectivity index (χ4n) is 3.60. The molecule has 0 bridgehead atoms. The van der Waals surface area contributed by atoms with E-state index in [4.69, 9.17) is 4.52 Å². The summed E-state index contributed by atoms with van der Waals surface area (Å²) in [7, 11) is 0. The van der Waals surface area contributed by atoms with Crippen LogP contribution in [0.2, 0.25) is 0 Å². The number of anilines is 2. The molecule has 1 aromatic heterocycles. The van der Waals surface area contributed by atoms with Gasteiger partial charge in [-0.2, -0.15) is 0 Å². The van der Waals surface area contributed by atoms with Crippen LogP contribution in [0.25, 0.3) is 11.3 Å². The van der Waals surface area contributed by atoms with Gasteiger partial charge in [-0.3, -0.25) is 20.2 Å². The predicted molar refractivity (Wildman–Crippen MR) is 114 cm³/mol. The van der Waals surface area contributed by atoms with Crippen LogP contribution in [0.1, 0.15) is 35.7 Å². The number of nitrogens with zero attached hydrogens (tertiary/aromatic N) is 3. The van der Waals surface area contributed by atoms with Gasteiger partial charge in [0, 0.05) is 36.3 Å². The van der Waals surface area contributed by atoms with Gasteiger partial charge in [0.2, 0.25) is 5.88 Å². The summed E-state index contributed by atoms with van der Waals surface area (Å²) in [6, 6.07) is 14.1. The molecule has 0 saturated carbocycles. The lowest BCUT2D eigenvalue weighted by molar-refractivity contribution is -0.384. The molecule has 1 fully saturated rings. The largest absolute Gasteiger partial charge is 0.366 e. The van der Waals surface area contributed by atoms with Gasteiger partial charge in [-0.25, -0.2) is 0 Å². The van der Waals surface area contributed by atoms with Gasteiger partial charge in [0.1, 0.15) is 11.4 Å². The molecule has 154 valence electrons. The molecule has 2 heterocycles.